The molecule has 0 aromatic carbocycles. The lowest BCUT2D eigenvalue weighted by atomic mass is 9.86. The molecular formula is C15H26N4O. The fourth-order valence-corrected chi connectivity index (χ4v) is 3.15. The SMILES string of the molecule is CCc1nn(C)cc1C1C(N)CCC(=O)N1C(C)(C)C. The van der Waals surface area contributed by atoms with Gasteiger partial charge < -0.3 is 10.6 Å². The maximum absolute atomic E-state index is 12.4. The normalized spacial score (nSPS) is 24.3. The molecule has 2 heterocycles. The van der Waals surface area contributed by atoms with Crippen LogP contribution < -0.4 is 5.73 Å². The summed E-state index contributed by atoms with van der Waals surface area (Å²) < 4.78 is 1.82. The molecule has 2 N–H and O–H groups in total. The van der Waals surface area contributed by atoms with Gasteiger partial charge in [0.05, 0.1) is 11.7 Å². The molecule has 1 aromatic rings. The first-order valence-electron chi connectivity index (χ1n) is 7.36. The van der Waals surface area contributed by atoms with Crippen molar-refractivity contribution in [2.24, 2.45) is 12.8 Å². The summed E-state index contributed by atoms with van der Waals surface area (Å²) in [5, 5.41) is 4.50. The molecular weight excluding hydrogens is 252 g/mol. The minimum atomic E-state index is -0.235. The molecule has 0 spiro atoms. The standard InChI is InChI=1S/C15H26N4O/c1-6-12-10(9-18(5)17-12)14-11(16)7-8-13(20)19(14)15(2,3)4/h9,11,14H,6-8,16H2,1-5H3. The van der Waals surface area contributed by atoms with Gasteiger partial charge in [-0.2, -0.15) is 5.10 Å². The fraction of sp³-hybridized carbons (Fsp3) is 0.733. The lowest BCUT2D eigenvalue weighted by Crippen LogP contribution is -2.56. The molecule has 112 valence electrons. The highest BCUT2D eigenvalue weighted by Gasteiger charge is 2.42. The highest BCUT2D eigenvalue weighted by molar-refractivity contribution is 5.78. The van der Waals surface area contributed by atoms with Crippen molar-refractivity contribution in [2.75, 3.05) is 0 Å². The van der Waals surface area contributed by atoms with Crippen LogP contribution in [0.25, 0.3) is 0 Å². The van der Waals surface area contributed by atoms with E-state index in [-0.39, 0.29) is 23.5 Å². The van der Waals surface area contributed by atoms with Gasteiger partial charge in [-0.1, -0.05) is 6.92 Å². The van der Waals surface area contributed by atoms with E-state index >= 15 is 0 Å². The van der Waals surface area contributed by atoms with Crippen molar-refractivity contribution in [3.8, 4) is 0 Å². The van der Waals surface area contributed by atoms with Crippen LogP contribution in [0, 0.1) is 0 Å². The molecule has 0 aliphatic carbocycles. The van der Waals surface area contributed by atoms with Crippen LogP contribution in [0.1, 0.15) is 57.8 Å². The third-order valence-electron chi connectivity index (χ3n) is 3.96. The molecule has 1 fully saturated rings. The summed E-state index contributed by atoms with van der Waals surface area (Å²) in [5.74, 6) is 0.190. The van der Waals surface area contributed by atoms with Crippen molar-refractivity contribution in [1.82, 2.24) is 14.7 Å². The molecule has 0 bridgehead atoms. The summed E-state index contributed by atoms with van der Waals surface area (Å²) in [5.41, 5.74) is 8.27. The number of rotatable bonds is 2. The van der Waals surface area contributed by atoms with Crippen molar-refractivity contribution in [1.29, 1.82) is 0 Å². The van der Waals surface area contributed by atoms with Crippen LogP contribution >= 0.6 is 0 Å². The van der Waals surface area contributed by atoms with Crippen molar-refractivity contribution >= 4 is 5.91 Å². The van der Waals surface area contributed by atoms with Gasteiger partial charge in [0.15, 0.2) is 0 Å². The smallest absolute Gasteiger partial charge is 0.223 e. The van der Waals surface area contributed by atoms with Crippen molar-refractivity contribution in [3.63, 3.8) is 0 Å². The summed E-state index contributed by atoms with van der Waals surface area (Å²) >= 11 is 0. The Labute approximate surface area is 121 Å². The summed E-state index contributed by atoms with van der Waals surface area (Å²) in [6.45, 7) is 8.29. The van der Waals surface area contributed by atoms with E-state index in [1.54, 1.807) is 0 Å². The van der Waals surface area contributed by atoms with E-state index in [9.17, 15) is 4.79 Å². The van der Waals surface area contributed by atoms with Gasteiger partial charge in [-0.15, -0.1) is 0 Å². The number of hydrogen-bond acceptors (Lipinski definition) is 3. The molecule has 1 amide bonds. The van der Waals surface area contributed by atoms with Crippen LogP contribution in [0.3, 0.4) is 0 Å². The zero-order valence-corrected chi connectivity index (χ0v) is 13.2. The van der Waals surface area contributed by atoms with E-state index in [0.29, 0.717) is 6.42 Å². The van der Waals surface area contributed by atoms with Crippen molar-refractivity contribution < 1.29 is 4.79 Å². The molecule has 1 saturated heterocycles. The number of carbonyl (C=O) groups is 1. The lowest BCUT2D eigenvalue weighted by molar-refractivity contribution is -0.144. The summed E-state index contributed by atoms with van der Waals surface area (Å²) in [6.07, 6.45) is 4.15. The van der Waals surface area contributed by atoms with Crippen molar-refractivity contribution in [2.45, 2.75) is 64.6 Å². The molecule has 5 nitrogen and oxygen atoms in total. The molecule has 2 atom stereocenters. The topological polar surface area (TPSA) is 64.2 Å². The maximum atomic E-state index is 12.4. The number of piperidine rings is 1. The quantitative estimate of drug-likeness (QED) is 0.896. The lowest BCUT2D eigenvalue weighted by Gasteiger charge is -2.47. The molecule has 0 saturated carbocycles. The molecule has 5 heteroatoms. The average molecular weight is 278 g/mol. The second-order valence-corrected chi connectivity index (χ2v) is 6.64. The first-order valence-corrected chi connectivity index (χ1v) is 7.36. The number of hydrogen-bond donors (Lipinski definition) is 1. The highest BCUT2D eigenvalue weighted by atomic mass is 16.2. The van der Waals surface area contributed by atoms with Gasteiger partial charge >= 0.3 is 0 Å². The van der Waals surface area contributed by atoms with E-state index in [0.717, 1.165) is 24.1 Å². The van der Waals surface area contributed by atoms with Gasteiger partial charge in [-0.25, -0.2) is 0 Å². The van der Waals surface area contributed by atoms with E-state index in [1.165, 1.54) is 0 Å². The van der Waals surface area contributed by atoms with Gasteiger partial charge in [0.25, 0.3) is 0 Å². The molecule has 1 aromatic heterocycles. The largest absolute Gasteiger partial charge is 0.329 e. The Morgan fingerprint density at radius 3 is 2.65 bits per heavy atom. The van der Waals surface area contributed by atoms with Crippen LogP contribution in [0.4, 0.5) is 0 Å². The molecule has 0 radical (unpaired) electrons. The van der Waals surface area contributed by atoms with Crippen molar-refractivity contribution in [3.05, 3.63) is 17.5 Å². The second kappa shape index (κ2) is 5.20. The first kappa shape index (κ1) is 15.0. The number of nitrogens with zero attached hydrogens (tertiary/aromatic N) is 3. The van der Waals surface area contributed by atoms with Crippen LogP contribution in [0.5, 0.6) is 0 Å². The number of amides is 1. The average Bonchev–Trinajstić information content (AvgIpc) is 2.71. The number of aryl methyl sites for hydroxylation is 2. The molecule has 2 unspecified atom stereocenters. The van der Waals surface area contributed by atoms with E-state index in [4.69, 9.17) is 5.73 Å². The van der Waals surface area contributed by atoms with Gasteiger partial charge in [0.2, 0.25) is 5.91 Å². The highest BCUT2D eigenvalue weighted by Crippen LogP contribution is 2.37. The van der Waals surface area contributed by atoms with Gasteiger partial charge in [0, 0.05) is 36.8 Å². The summed E-state index contributed by atoms with van der Waals surface area (Å²) in [6, 6.07) is -0.0960. The monoisotopic (exact) mass is 278 g/mol. The van der Waals surface area contributed by atoms with Gasteiger partial charge in [0.1, 0.15) is 0 Å². The first-order chi connectivity index (χ1) is 9.25. The van der Waals surface area contributed by atoms with E-state index in [2.05, 4.69) is 32.8 Å². The maximum Gasteiger partial charge on any atom is 0.223 e. The van der Waals surface area contributed by atoms with Crippen LogP contribution in [0.15, 0.2) is 6.20 Å². The van der Waals surface area contributed by atoms with E-state index < -0.39 is 0 Å². The minimum absolute atomic E-state index is 0.0265. The summed E-state index contributed by atoms with van der Waals surface area (Å²) in [7, 11) is 1.92. The Bertz CT molecular complexity index is 500. The Hall–Kier alpha value is -1.36. The zero-order valence-electron chi connectivity index (χ0n) is 13.2. The number of likely N-dealkylation sites (tertiary alicyclic amines) is 1. The second-order valence-electron chi connectivity index (χ2n) is 6.64. The predicted octanol–water partition coefficient (Wildman–Crippen LogP) is 1.77. The van der Waals surface area contributed by atoms with E-state index in [1.807, 2.05) is 22.8 Å². The summed E-state index contributed by atoms with van der Waals surface area (Å²) in [4.78, 5) is 14.4. The number of aromatic nitrogens is 2. The van der Waals surface area contributed by atoms with Gasteiger partial charge in [-0.3, -0.25) is 9.48 Å². The Kier molecular flexibility index (Phi) is 3.91. The molecule has 20 heavy (non-hydrogen) atoms. The third-order valence-corrected chi connectivity index (χ3v) is 3.96. The Morgan fingerprint density at radius 1 is 1.45 bits per heavy atom. The number of nitrogens with two attached hydrogens (primary N) is 1. The molecule has 1 aliphatic heterocycles. The molecule has 2 rings (SSSR count). The van der Waals surface area contributed by atoms with Crippen LogP contribution in [-0.2, 0) is 18.3 Å². The van der Waals surface area contributed by atoms with Gasteiger partial charge in [-0.05, 0) is 33.6 Å². The Morgan fingerprint density at radius 2 is 2.10 bits per heavy atom. The zero-order chi connectivity index (χ0) is 15.1. The molecule has 1 aliphatic rings. The minimum Gasteiger partial charge on any atom is -0.329 e. The van der Waals surface area contributed by atoms with Crippen LogP contribution in [0.2, 0.25) is 0 Å². The third kappa shape index (κ3) is 2.59. The fourth-order valence-electron chi connectivity index (χ4n) is 3.15. The predicted molar refractivity (Wildman–Crippen MR) is 79.1 cm³/mol. The Balaban J connectivity index is 2.50. The number of carbonyl (C=O) groups excluding carboxylic acids is 1. The van der Waals surface area contributed by atoms with Crippen LogP contribution in [-0.4, -0.2) is 32.2 Å².